The van der Waals surface area contributed by atoms with Gasteiger partial charge in [0, 0.05) is 37.1 Å². The predicted molar refractivity (Wildman–Crippen MR) is 69.2 cm³/mol. The van der Waals surface area contributed by atoms with Gasteiger partial charge in [-0.25, -0.2) is 4.98 Å². The van der Waals surface area contributed by atoms with Gasteiger partial charge in [0.05, 0.1) is 11.2 Å². The van der Waals surface area contributed by atoms with Gasteiger partial charge in [-0.05, 0) is 12.8 Å². The number of hydrogen-bond donors (Lipinski definition) is 1. The Hall–Kier alpha value is -0.160. The Morgan fingerprint density at radius 1 is 1.38 bits per heavy atom. The second-order valence-electron chi connectivity index (χ2n) is 4.67. The number of piperazine rings is 1. The molecule has 5 heteroatoms. The molecule has 0 aromatic carbocycles. The first-order valence-corrected chi connectivity index (χ1v) is 6.70. The van der Waals surface area contributed by atoms with Crippen molar-refractivity contribution in [3.8, 4) is 0 Å². The van der Waals surface area contributed by atoms with E-state index in [1.54, 1.807) is 11.3 Å². The van der Waals surface area contributed by atoms with Crippen molar-refractivity contribution in [2.75, 3.05) is 13.1 Å². The fourth-order valence-corrected chi connectivity index (χ4v) is 3.32. The van der Waals surface area contributed by atoms with Crippen molar-refractivity contribution >= 4 is 23.7 Å². The summed E-state index contributed by atoms with van der Waals surface area (Å²) in [5, 5.41) is 5.87. The van der Waals surface area contributed by atoms with Crippen LogP contribution in [0.25, 0.3) is 0 Å². The highest BCUT2D eigenvalue weighted by Crippen LogP contribution is 2.20. The fraction of sp³-hybridized carbons (Fsp3) is 0.727. The number of rotatable bonds is 2. The van der Waals surface area contributed by atoms with Crippen LogP contribution >= 0.6 is 23.7 Å². The van der Waals surface area contributed by atoms with Crippen LogP contribution in [0.4, 0.5) is 0 Å². The van der Waals surface area contributed by atoms with Crippen LogP contribution in [0.15, 0.2) is 10.9 Å². The zero-order valence-electron chi connectivity index (χ0n) is 9.26. The summed E-state index contributed by atoms with van der Waals surface area (Å²) in [7, 11) is 0. The van der Waals surface area contributed by atoms with Gasteiger partial charge in [0.15, 0.2) is 0 Å². The Morgan fingerprint density at radius 2 is 2.12 bits per heavy atom. The summed E-state index contributed by atoms with van der Waals surface area (Å²) in [5.74, 6) is 0. The van der Waals surface area contributed by atoms with Gasteiger partial charge in [-0.2, -0.15) is 0 Å². The molecule has 0 spiro atoms. The molecule has 0 aliphatic carbocycles. The number of piperidine rings is 1. The van der Waals surface area contributed by atoms with E-state index in [1.807, 2.05) is 5.51 Å². The van der Waals surface area contributed by atoms with Gasteiger partial charge in [-0.1, -0.05) is 6.42 Å². The van der Waals surface area contributed by atoms with Crippen LogP contribution in [0.5, 0.6) is 0 Å². The number of fused-ring (bicyclic) bond motifs is 2. The third kappa shape index (κ3) is 2.74. The molecule has 0 amide bonds. The van der Waals surface area contributed by atoms with E-state index in [1.165, 1.54) is 38.0 Å². The molecule has 2 fully saturated rings. The first kappa shape index (κ1) is 12.3. The van der Waals surface area contributed by atoms with E-state index in [0.717, 1.165) is 18.6 Å². The van der Waals surface area contributed by atoms with Gasteiger partial charge in [-0.3, -0.25) is 4.90 Å². The minimum Gasteiger partial charge on any atom is -0.309 e. The lowest BCUT2D eigenvalue weighted by atomic mass is 9.94. The average molecular weight is 260 g/mol. The van der Waals surface area contributed by atoms with E-state index in [4.69, 9.17) is 0 Å². The SMILES string of the molecule is Cl.c1nc(CN2CC3CCCC(C2)N3)cs1. The molecule has 90 valence electrons. The van der Waals surface area contributed by atoms with Crippen molar-refractivity contribution in [3.63, 3.8) is 0 Å². The van der Waals surface area contributed by atoms with Crippen LogP contribution in [-0.2, 0) is 6.54 Å². The topological polar surface area (TPSA) is 28.2 Å². The van der Waals surface area contributed by atoms with Crippen LogP contribution in [0.3, 0.4) is 0 Å². The summed E-state index contributed by atoms with van der Waals surface area (Å²) in [5.41, 5.74) is 3.17. The zero-order chi connectivity index (χ0) is 10.1. The zero-order valence-corrected chi connectivity index (χ0v) is 10.9. The Bertz CT molecular complexity index is 305. The number of nitrogens with zero attached hydrogens (tertiary/aromatic N) is 2. The molecule has 3 heterocycles. The molecule has 2 saturated heterocycles. The first-order valence-electron chi connectivity index (χ1n) is 5.75. The lowest BCUT2D eigenvalue weighted by Crippen LogP contribution is -2.58. The molecule has 2 aliphatic heterocycles. The smallest absolute Gasteiger partial charge is 0.0795 e. The number of aromatic nitrogens is 1. The van der Waals surface area contributed by atoms with Gasteiger partial charge < -0.3 is 5.32 Å². The minimum absolute atomic E-state index is 0. The van der Waals surface area contributed by atoms with Gasteiger partial charge in [-0.15, -0.1) is 23.7 Å². The average Bonchev–Trinajstić information content (AvgIpc) is 2.70. The van der Waals surface area contributed by atoms with Gasteiger partial charge in [0.25, 0.3) is 0 Å². The number of likely N-dealkylation sites (tertiary alicyclic amines) is 1. The number of thiazole rings is 1. The van der Waals surface area contributed by atoms with E-state index in [2.05, 4.69) is 20.6 Å². The van der Waals surface area contributed by atoms with Crippen LogP contribution in [-0.4, -0.2) is 35.1 Å². The van der Waals surface area contributed by atoms with Crippen molar-refractivity contribution in [3.05, 3.63) is 16.6 Å². The maximum atomic E-state index is 4.36. The van der Waals surface area contributed by atoms with E-state index >= 15 is 0 Å². The van der Waals surface area contributed by atoms with Crippen molar-refractivity contribution in [2.24, 2.45) is 0 Å². The molecule has 1 aromatic rings. The molecule has 2 aliphatic rings. The van der Waals surface area contributed by atoms with Crippen LogP contribution < -0.4 is 5.32 Å². The second kappa shape index (κ2) is 5.45. The van der Waals surface area contributed by atoms with Crippen molar-refractivity contribution in [2.45, 2.75) is 37.9 Å². The monoisotopic (exact) mass is 259 g/mol. The Labute approximate surface area is 107 Å². The molecule has 3 nitrogen and oxygen atoms in total. The molecule has 1 N–H and O–H groups in total. The second-order valence-corrected chi connectivity index (χ2v) is 5.38. The van der Waals surface area contributed by atoms with Gasteiger partial charge in [0.2, 0.25) is 0 Å². The first-order chi connectivity index (χ1) is 7.40. The normalized spacial score (nSPS) is 29.8. The Morgan fingerprint density at radius 3 is 2.75 bits per heavy atom. The number of hydrogen-bond acceptors (Lipinski definition) is 4. The van der Waals surface area contributed by atoms with E-state index in [9.17, 15) is 0 Å². The lowest BCUT2D eigenvalue weighted by Gasteiger charge is -2.42. The summed E-state index contributed by atoms with van der Waals surface area (Å²) in [6, 6.07) is 1.47. The molecule has 2 atom stereocenters. The predicted octanol–water partition coefficient (Wildman–Crippen LogP) is 1.89. The maximum absolute atomic E-state index is 4.36. The van der Waals surface area contributed by atoms with Crippen molar-refractivity contribution in [1.29, 1.82) is 0 Å². The third-order valence-electron chi connectivity index (χ3n) is 3.40. The molecule has 1 aromatic heterocycles. The van der Waals surface area contributed by atoms with Crippen LogP contribution in [0.1, 0.15) is 25.0 Å². The molecule has 3 rings (SSSR count). The molecule has 16 heavy (non-hydrogen) atoms. The summed E-state index contributed by atoms with van der Waals surface area (Å²) in [4.78, 5) is 6.92. The van der Waals surface area contributed by atoms with E-state index < -0.39 is 0 Å². The maximum Gasteiger partial charge on any atom is 0.0795 e. The van der Waals surface area contributed by atoms with Gasteiger partial charge >= 0.3 is 0 Å². The molecule has 0 radical (unpaired) electrons. The van der Waals surface area contributed by atoms with Gasteiger partial charge in [0.1, 0.15) is 0 Å². The molecule has 0 saturated carbocycles. The van der Waals surface area contributed by atoms with Crippen LogP contribution in [0.2, 0.25) is 0 Å². The lowest BCUT2D eigenvalue weighted by molar-refractivity contribution is 0.118. The highest BCUT2D eigenvalue weighted by Gasteiger charge is 2.29. The minimum atomic E-state index is 0. The van der Waals surface area contributed by atoms with E-state index in [0.29, 0.717) is 0 Å². The molecular weight excluding hydrogens is 242 g/mol. The summed E-state index contributed by atoms with van der Waals surface area (Å²) >= 11 is 1.70. The largest absolute Gasteiger partial charge is 0.309 e. The van der Waals surface area contributed by atoms with E-state index in [-0.39, 0.29) is 12.4 Å². The molecule has 2 unspecified atom stereocenters. The summed E-state index contributed by atoms with van der Waals surface area (Å²) < 4.78 is 0. The fourth-order valence-electron chi connectivity index (χ4n) is 2.77. The van der Waals surface area contributed by atoms with Crippen molar-refractivity contribution < 1.29 is 0 Å². The summed E-state index contributed by atoms with van der Waals surface area (Å²) in [6.45, 7) is 3.44. The molecule has 2 bridgehead atoms. The molecular formula is C11H18ClN3S. The highest BCUT2D eigenvalue weighted by atomic mass is 35.5. The highest BCUT2D eigenvalue weighted by molar-refractivity contribution is 7.07. The van der Waals surface area contributed by atoms with Crippen LogP contribution in [0, 0.1) is 0 Å². The number of nitrogens with one attached hydrogen (secondary N) is 1. The quantitative estimate of drug-likeness (QED) is 0.879. The number of halogens is 1. The standard InChI is InChI=1S/C11H17N3S.ClH/c1-2-9-4-14(5-10(3-1)13-9)6-11-7-15-8-12-11;/h7-10,13H,1-6H2;1H. The Kier molecular flexibility index (Phi) is 4.19. The summed E-state index contributed by atoms with van der Waals surface area (Å²) in [6.07, 6.45) is 4.11. The van der Waals surface area contributed by atoms with Crippen molar-refractivity contribution in [1.82, 2.24) is 15.2 Å². The third-order valence-corrected chi connectivity index (χ3v) is 4.04. The Balaban J connectivity index is 0.000000963.